The fourth-order valence-electron chi connectivity index (χ4n) is 3.33. The molecule has 1 aromatic rings. The van der Waals surface area contributed by atoms with Gasteiger partial charge in [-0.25, -0.2) is 4.79 Å². The van der Waals surface area contributed by atoms with Crippen molar-refractivity contribution in [2.24, 2.45) is 5.41 Å². The van der Waals surface area contributed by atoms with Gasteiger partial charge in [0.15, 0.2) is 0 Å². The zero-order valence-electron chi connectivity index (χ0n) is 15.3. The number of nitrogens with one attached hydrogen (secondary N) is 1. The van der Waals surface area contributed by atoms with Crippen LogP contribution in [0.15, 0.2) is 24.3 Å². The van der Waals surface area contributed by atoms with E-state index in [4.69, 9.17) is 4.74 Å². The van der Waals surface area contributed by atoms with Crippen LogP contribution in [0.2, 0.25) is 0 Å². The van der Waals surface area contributed by atoms with Crippen molar-refractivity contribution in [1.29, 1.82) is 0 Å². The average Bonchev–Trinajstić information content (AvgIpc) is 3.49. The Morgan fingerprint density at radius 3 is 2.42 bits per heavy atom. The summed E-state index contributed by atoms with van der Waals surface area (Å²) in [6, 6.07) is 6.55. The van der Waals surface area contributed by atoms with Crippen molar-refractivity contribution < 1.29 is 19.1 Å². The Kier molecular flexibility index (Phi) is 5.27. The van der Waals surface area contributed by atoms with Gasteiger partial charge in [0.25, 0.3) is 0 Å². The predicted molar refractivity (Wildman–Crippen MR) is 96.8 cm³/mol. The lowest BCUT2D eigenvalue weighted by Crippen LogP contribution is -2.52. The number of carbonyl (C=O) groups excluding carboxylic acids is 3. The van der Waals surface area contributed by atoms with E-state index >= 15 is 0 Å². The molecule has 0 atom stereocenters. The fraction of sp³-hybridized carbons (Fsp3) is 0.526. The second-order valence-electron chi connectivity index (χ2n) is 6.84. The minimum Gasteiger partial charge on any atom is -0.465 e. The summed E-state index contributed by atoms with van der Waals surface area (Å²) in [6.07, 6.45) is 1.14. The molecule has 140 valence electrons. The van der Waals surface area contributed by atoms with Gasteiger partial charge in [-0.1, -0.05) is 13.0 Å². The average molecular weight is 359 g/mol. The Morgan fingerprint density at radius 2 is 1.85 bits per heavy atom. The van der Waals surface area contributed by atoms with E-state index in [0.29, 0.717) is 37.2 Å². The number of ether oxygens (including phenoxy) is 1. The highest BCUT2D eigenvalue weighted by molar-refractivity contribution is 6.13. The summed E-state index contributed by atoms with van der Waals surface area (Å²) in [5.41, 5.74) is -0.0970. The SMILES string of the molecule is CCN1CCN(C(=O)C2(C(=O)Nc3cccc(C(=O)OC)c3)CC2)CC1. The standard InChI is InChI=1S/C19H25N3O4/c1-3-21-9-11-22(12-10-21)18(25)19(7-8-19)17(24)20-15-6-4-5-14(13-15)16(23)26-2/h4-6,13H,3,7-12H2,1-2H3,(H,20,24). The van der Waals surface area contributed by atoms with Crippen LogP contribution in [0.25, 0.3) is 0 Å². The molecule has 0 spiro atoms. The minimum atomic E-state index is -0.949. The summed E-state index contributed by atoms with van der Waals surface area (Å²) in [5.74, 6) is -0.829. The molecule has 26 heavy (non-hydrogen) atoms. The number of hydrogen-bond acceptors (Lipinski definition) is 5. The lowest BCUT2D eigenvalue weighted by Gasteiger charge is -2.35. The van der Waals surface area contributed by atoms with E-state index in [1.807, 2.05) is 4.90 Å². The van der Waals surface area contributed by atoms with Crippen LogP contribution in [-0.4, -0.2) is 67.4 Å². The van der Waals surface area contributed by atoms with E-state index in [9.17, 15) is 14.4 Å². The molecule has 0 aromatic heterocycles. The van der Waals surface area contributed by atoms with Gasteiger partial charge < -0.3 is 19.9 Å². The van der Waals surface area contributed by atoms with Crippen molar-refractivity contribution in [2.45, 2.75) is 19.8 Å². The second kappa shape index (κ2) is 7.45. The first-order chi connectivity index (χ1) is 12.5. The number of rotatable bonds is 5. The molecule has 7 heteroatoms. The largest absolute Gasteiger partial charge is 0.465 e. The molecular weight excluding hydrogens is 334 g/mol. The van der Waals surface area contributed by atoms with Gasteiger partial charge in [0.05, 0.1) is 12.7 Å². The van der Waals surface area contributed by atoms with Crippen LogP contribution < -0.4 is 5.32 Å². The van der Waals surface area contributed by atoms with Gasteiger partial charge in [0.2, 0.25) is 11.8 Å². The third kappa shape index (κ3) is 3.58. The van der Waals surface area contributed by atoms with Gasteiger partial charge in [-0.15, -0.1) is 0 Å². The van der Waals surface area contributed by atoms with Crippen molar-refractivity contribution in [3.05, 3.63) is 29.8 Å². The van der Waals surface area contributed by atoms with Gasteiger partial charge in [-0.05, 0) is 37.6 Å². The molecule has 1 aliphatic heterocycles. The number of methoxy groups -OCH3 is 1. The highest BCUT2D eigenvalue weighted by Crippen LogP contribution is 2.48. The molecule has 0 radical (unpaired) electrons. The van der Waals surface area contributed by atoms with Crippen LogP contribution in [-0.2, 0) is 14.3 Å². The topological polar surface area (TPSA) is 79.0 Å². The third-order valence-electron chi connectivity index (χ3n) is 5.24. The summed E-state index contributed by atoms with van der Waals surface area (Å²) < 4.78 is 4.69. The Labute approximate surface area is 153 Å². The van der Waals surface area contributed by atoms with Gasteiger partial charge in [0.1, 0.15) is 5.41 Å². The summed E-state index contributed by atoms with van der Waals surface area (Å²) in [7, 11) is 1.31. The molecular formula is C19H25N3O4. The number of esters is 1. The summed E-state index contributed by atoms with van der Waals surface area (Å²) in [4.78, 5) is 41.4. The van der Waals surface area contributed by atoms with Gasteiger partial charge in [-0.2, -0.15) is 0 Å². The highest BCUT2D eigenvalue weighted by Gasteiger charge is 2.58. The maximum absolute atomic E-state index is 12.9. The van der Waals surface area contributed by atoms with Crippen LogP contribution >= 0.6 is 0 Å². The first-order valence-electron chi connectivity index (χ1n) is 9.02. The van der Waals surface area contributed by atoms with E-state index in [0.717, 1.165) is 19.6 Å². The van der Waals surface area contributed by atoms with E-state index in [1.165, 1.54) is 7.11 Å². The number of amides is 2. The molecule has 1 saturated heterocycles. The lowest BCUT2D eigenvalue weighted by atomic mass is 10.0. The summed E-state index contributed by atoms with van der Waals surface area (Å²) in [5, 5.41) is 2.80. The Balaban J connectivity index is 1.66. The molecule has 1 saturated carbocycles. The zero-order chi connectivity index (χ0) is 18.7. The van der Waals surface area contributed by atoms with Crippen molar-refractivity contribution >= 4 is 23.5 Å². The van der Waals surface area contributed by atoms with E-state index in [1.54, 1.807) is 24.3 Å². The molecule has 1 aliphatic carbocycles. The van der Waals surface area contributed by atoms with Crippen molar-refractivity contribution in [3.8, 4) is 0 Å². The zero-order valence-corrected chi connectivity index (χ0v) is 15.3. The van der Waals surface area contributed by atoms with Crippen molar-refractivity contribution in [1.82, 2.24) is 9.80 Å². The Bertz CT molecular complexity index is 706. The van der Waals surface area contributed by atoms with Crippen LogP contribution in [0.4, 0.5) is 5.69 Å². The number of likely N-dealkylation sites (N-methyl/N-ethyl adjacent to an activating group) is 1. The maximum Gasteiger partial charge on any atom is 0.337 e. The molecule has 2 aliphatic rings. The number of piperazine rings is 1. The normalized spacial score (nSPS) is 18.9. The van der Waals surface area contributed by atoms with Crippen LogP contribution in [0.1, 0.15) is 30.1 Å². The van der Waals surface area contributed by atoms with E-state index < -0.39 is 11.4 Å². The molecule has 0 unspecified atom stereocenters. The van der Waals surface area contributed by atoms with Crippen LogP contribution in [0, 0.1) is 5.41 Å². The molecule has 2 amide bonds. The monoisotopic (exact) mass is 359 g/mol. The number of anilines is 1. The summed E-state index contributed by atoms with van der Waals surface area (Å²) >= 11 is 0. The molecule has 7 nitrogen and oxygen atoms in total. The van der Waals surface area contributed by atoms with Crippen LogP contribution in [0.5, 0.6) is 0 Å². The molecule has 0 bridgehead atoms. The minimum absolute atomic E-state index is 0.0742. The number of nitrogens with zero attached hydrogens (tertiary/aromatic N) is 2. The summed E-state index contributed by atoms with van der Waals surface area (Å²) in [6.45, 7) is 6.11. The van der Waals surface area contributed by atoms with Crippen molar-refractivity contribution in [3.63, 3.8) is 0 Å². The quantitative estimate of drug-likeness (QED) is 0.634. The lowest BCUT2D eigenvalue weighted by molar-refractivity contribution is -0.143. The molecule has 1 N–H and O–H groups in total. The van der Waals surface area contributed by atoms with Gasteiger partial charge in [-0.3, -0.25) is 9.59 Å². The first kappa shape index (κ1) is 18.4. The van der Waals surface area contributed by atoms with E-state index in [-0.39, 0.29) is 11.8 Å². The highest BCUT2D eigenvalue weighted by atomic mass is 16.5. The predicted octanol–water partition coefficient (Wildman–Crippen LogP) is 1.36. The van der Waals surface area contributed by atoms with Crippen LogP contribution in [0.3, 0.4) is 0 Å². The van der Waals surface area contributed by atoms with Gasteiger partial charge in [0, 0.05) is 31.9 Å². The molecule has 1 aromatic carbocycles. The number of hydrogen-bond donors (Lipinski definition) is 1. The Morgan fingerprint density at radius 1 is 1.15 bits per heavy atom. The molecule has 2 fully saturated rings. The smallest absolute Gasteiger partial charge is 0.337 e. The number of benzene rings is 1. The van der Waals surface area contributed by atoms with E-state index in [2.05, 4.69) is 17.1 Å². The second-order valence-corrected chi connectivity index (χ2v) is 6.84. The molecule has 3 rings (SSSR count). The fourth-order valence-corrected chi connectivity index (χ4v) is 3.33. The number of carbonyl (C=O) groups is 3. The van der Waals surface area contributed by atoms with Gasteiger partial charge >= 0.3 is 5.97 Å². The molecule has 1 heterocycles. The first-order valence-corrected chi connectivity index (χ1v) is 9.02. The maximum atomic E-state index is 12.9. The van der Waals surface area contributed by atoms with Crippen molar-refractivity contribution in [2.75, 3.05) is 45.2 Å². The Hall–Kier alpha value is -2.41. The third-order valence-corrected chi connectivity index (χ3v) is 5.24.